The molecule has 9 nitrogen and oxygen atoms in total. The summed E-state index contributed by atoms with van der Waals surface area (Å²) in [5.41, 5.74) is 5.16. The van der Waals surface area contributed by atoms with Crippen LogP contribution in [0.4, 0.5) is 0 Å². The van der Waals surface area contributed by atoms with Gasteiger partial charge >= 0.3 is 0 Å². The number of carbonyl (C=O) groups excluding carboxylic acids is 3. The first-order chi connectivity index (χ1) is 18.1. The lowest BCUT2D eigenvalue weighted by Gasteiger charge is -2.38. The highest BCUT2D eigenvalue weighted by Crippen LogP contribution is 2.40. The number of hydrogen-bond acceptors (Lipinski definition) is 8. The molecule has 0 radical (unpaired) electrons. The molecule has 0 spiro atoms. The van der Waals surface area contributed by atoms with Gasteiger partial charge in [-0.1, -0.05) is 49.4 Å². The Morgan fingerprint density at radius 2 is 1.74 bits per heavy atom. The Hall–Kier alpha value is -3.15. The van der Waals surface area contributed by atoms with E-state index in [2.05, 4.69) is 4.98 Å². The molecule has 4 rings (SSSR count). The summed E-state index contributed by atoms with van der Waals surface area (Å²) in [6.07, 6.45) is -0.388. The van der Waals surface area contributed by atoms with Gasteiger partial charge < -0.3 is 15.4 Å². The Bertz CT molecular complexity index is 1380. The number of morpholine rings is 1. The topological polar surface area (TPSA) is 137 Å². The maximum absolute atomic E-state index is 13.9. The molecule has 2 aromatic carbocycles. The van der Waals surface area contributed by atoms with Gasteiger partial charge in [-0.15, -0.1) is 11.3 Å². The van der Waals surface area contributed by atoms with Crippen molar-refractivity contribution in [3.8, 4) is 0 Å². The van der Waals surface area contributed by atoms with Crippen LogP contribution in [0.3, 0.4) is 0 Å². The van der Waals surface area contributed by atoms with Gasteiger partial charge in [0.15, 0.2) is 20.6 Å². The lowest BCUT2D eigenvalue weighted by Crippen LogP contribution is -2.54. The highest BCUT2D eigenvalue weighted by atomic mass is 32.2. The first-order valence-corrected chi connectivity index (χ1v) is 15.1. The van der Waals surface area contributed by atoms with Crippen molar-refractivity contribution in [2.75, 3.05) is 32.1 Å². The zero-order valence-electron chi connectivity index (χ0n) is 21.2. The van der Waals surface area contributed by atoms with Crippen molar-refractivity contribution in [1.82, 2.24) is 9.88 Å². The van der Waals surface area contributed by atoms with Crippen LogP contribution >= 0.6 is 11.3 Å². The van der Waals surface area contributed by atoms with Gasteiger partial charge in [-0.05, 0) is 24.1 Å². The third-order valence-corrected chi connectivity index (χ3v) is 9.70. The molecule has 202 valence electrons. The highest BCUT2D eigenvalue weighted by Gasteiger charge is 2.52. The number of sulfone groups is 1. The standard InChI is InChI=1S/C27H31N3O6S2/c1-2-20(24(32)25-29-21-10-6-7-11-22(21)37-25)27(26(28)33,16-23(31)30-12-14-36-15-13-30)18-38(34,35)17-19-8-4-3-5-9-19/h3-11,20H,2,12-18H2,1H3,(H2,28,33)/t20-,27?/m1/s1. The van der Waals surface area contributed by atoms with Crippen molar-refractivity contribution in [1.29, 1.82) is 0 Å². The molecule has 0 bridgehead atoms. The van der Waals surface area contributed by atoms with Crippen molar-refractivity contribution in [2.24, 2.45) is 17.1 Å². The van der Waals surface area contributed by atoms with Crippen LogP contribution in [0.2, 0.25) is 0 Å². The number of nitrogens with zero attached hydrogens (tertiary/aromatic N) is 2. The predicted octanol–water partition coefficient (Wildman–Crippen LogP) is 2.84. The number of rotatable bonds is 11. The lowest BCUT2D eigenvalue weighted by molar-refractivity contribution is -0.143. The molecule has 2 N–H and O–H groups in total. The number of primary amides is 1. The summed E-state index contributed by atoms with van der Waals surface area (Å²) >= 11 is 1.17. The number of ketones is 1. The average Bonchev–Trinajstić information content (AvgIpc) is 3.34. The van der Waals surface area contributed by atoms with E-state index in [-0.39, 0.29) is 17.2 Å². The van der Waals surface area contributed by atoms with E-state index in [1.165, 1.54) is 16.2 Å². The quantitative estimate of drug-likeness (QED) is 0.358. The van der Waals surface area contributed by atoms with Crippen LogP contribution in [0.15, 0.2) is 54.6 Å². The number of fused-ring (bicyclic) bond motifs is 1. The van der Waals surface area contributed by atoms with Crippen molar-refractivity contribution < 1.29 is 27.5 Å². The molecule has 2 heterocycles. The molecule has 2 amide bonds. The summed E-state index contributed by atoms with van der Waals surface area (Å²) in [6.45, 7) is 2.99. The molecular formula is C27H31N3O6S2. The molecule has 0 saturated carbocycles. The van der Waals surface area contributed by atoms with Crippen molar-refractivity contribution in [2.45, 2.75) is 25.5 Å². The molecule has 2 atom stereocenters. The van der Waals surface area contributed by atoms with Crippen molar-refractivity contribution >= 4 is 49.0 Å². The largest absolute Gasteiger partial charge is 0.378 e. The minimum atomic E-state index is -3.97. The predicted molar refractivity (Wildman–Crippen MR) is 145 cm³/mol. The van der Waals surface area contributed by atoms with Crippen LogP contribution in [0, 0.1) is 11.3 Å². The summed E-state index contributed by atoms with van der Waals surface area (Å²) < 4.78 is 33.2. The smallest absolute Gasteiger partial charge is 0.225 e. The van der Waals surface area contributed by atoms with Gasteiger partial charge in [0.2, 0.25) is 11.8 Å². The third-order valence-electron chi connectivity index (χ3n) is 6.92. The Morgan fingerprint density at radius 1 is 1.08 bits per heavy atom. The molecule has 1 aliphatic heterocycles. The number of carbonyl (C=O) groups is 3. The number of nitrogens with two attached hydrogens (primary N) is 1. The first kappa shape index (κ1) is 27.9. The van der Waals surface area contributed by atoms with E-state index in [9.17, 15) is 22.8 Å². The Labute approximate surface area is 225 Å². The van der Waals surface area contributed by atoms with E-state index in [1.54, 1.807) is 49.4 Å². The average molecular weight is 558 g/mol. The van der Waals surface area contributed by atoms with Crippen molar-refractivity contribution in [3.63, 3.8) is 0 Å². The van der Waals surface area contributed by atoms with E-state index in [0.29, 0.717) is 37.4 Å². The van der Waals surface area contributed by atoms with Gasteiger partial charge in [0, 0.05) is 25.4 Å². The molecule has 1 aromatic heterocycles. The van der Waals surface area contributed by atoms with E-state index in [4.69, 9.17) is 10.5 Å². The number of benzene rings is 2. The molecule has 11 heteroatoms. The minimum Gasteiger partial charge on any atom is -0.378 e. The summed E-state index contributed by atoms with van der Waals surface area (Å²) in [4.78, 5) is 46.6. The highest BCUT2D eigenvalue weighted by molar-refractivity contribution is 7.90. The fourth-order valence-corrected chi connectivity index (χ4v) is 8.02. The van der Waals surface area contributed by atoms with Gasteiger partial charge in [0.05, 0.1) is 40.4 Å². The van der Waals surface area contributed by atoms with Crippen LogP contribution < -0.4 is 5.73 Å². The zero-order chi connectivity index (χ0) is 27.3. The molecule has 1 saturated heterocycles. The molecule has 1 unspecified atom stereocenters. The van der Waals surface area contributed by atoms with E-state index in [0.717, 1.165) is 4.70 Å². The molecular weight excluding hydrogens is 526 g/mol. The number of hydrogen-bond donors (Lipinski definition) is 1. The maximum Gasteiger partial charge on any atom is 0.225 e. The third kappa shape index (κ3) is 6.11. The van der Waals surface area contributed by atoms with Gasteiger partial charge in [-0.2, -0.15) is 0 Å². The van der Waals surface area contributed by atoms with E-state index < -0.39 is 50.9 Å². The number of ether oxygens (including phenoxy) is 1. The SMILES string of the molecule is CC[C@H](C(=O)c1nc2ccccc2s1)C(CC(=O)N1CCOCC1)(CS(=O)(=O)Cc1ccccc1)C(N)=O. The van der Waals surface area contributed by atoms with Crippen LogP contribution in [0.25, 0.3) is 10.2 Å². The van der Waals surface area contributed by atoms with Gasteiger partial charge in [0.25, 0.3) is 0 Å². The second-order valence-corrected chi connectivity index (χ2v) is 12.6. The van der Waals surface area contributed by atoms with E-state index in [1.807, 2.05) is 12.1 Å². The monoisotopic (exact) mass is 557 g/mol. The molecule has 1 aliphatic rings. The number of aromatic nitrogens is 1. The molecule has 3 aromatic rings. The van der Waals surface area contributed by atoms with Crippen LogP contribution in [0.5, 0.6) is 0 Å². The maximum atomic E-state index is 13.9. The molecule has 0 aliphatic carbocycles. The summed E-state index contributed by atoms with van der Waals surface area (Å²) in [7, 11) is -3.97. The fourth-order valence-electron chi connectivity index (χ4n) is 5.02. The second kappa shape index (κ2) is 11.7. The molecule has 38 heavy (non-hydrogen) atoms. The lowest BCUT2D eigenvalue weighted by atomic mass is 9.70. The zero-order valence-corrected chi connectivity index (χ0v) is 22.8. The number of Topliss-reactive ketones (excluding diaryl/α,β-unsaturated/α-hetero) is 1. The Balaban J connectivity index is 1.75. The summed E-state index contributed by atoms with van der Waals surface area (Å²) in [5.74, 6) is -4.14. The van der Waals surface area contributed by atoms with Gasteiger partial charge in [-0.3, -0.25) is 14.4 Å². The van der Waals surface area contributed by atoms with E-state index >= 15 is 0 Å². The summed E-state index contributed by atoms with van der Waals surface area (Å²) in [5, 5.41) is 0.156. The Kier molecular flexibility index (Phi) is 8.59. The van der Waals surface area contributed by atoms with Crippen LogP contribution in [-0.4, -0.2) is 68.0 Å². The fraction of sp³-hybridized carbons (Fsp3) is 0.407. The molecule has 1 fully saturated rings. The first-order valence-electron chi connectivity index (χ1n) is 12.4. The van der Waals surface area contributed by atoms with Gasteiger partial charge in [-0.25, -0.2) is 13.4 Å². The van der Waals surface area contributed by atoms with Crippen molar-refractivity contribution in [3.05, 3.63) is 65.2 Å². The Morgan fingerprint density at radius 3 is 2.37 bits per heavy atom. The number of amides is 2. The normalized spacial score (nSPS) is 16.6. The van der Waals surface area contributed by atoms with Gasteiger partial charge in [0.1, 0.15) is 0 Å². The van der Waals surface area contributed by atoms with Crippen LogP contribution in [-0.2, 0) is 29.9 Å². The second-order valence-electron chi connectivity index (χ2n) is 9.52. The summed E-state index contributed by atoms with van der Waals surface area (Å²) in [6, 6.07) is 15.8. The number of thiazole rings is 1. The minimum absolute atomic E-state index is 0.106. The van der Waals surface area contributed by atoms with Crippen LogP contribution in [0.1, 0.15) is 35.1 Å². The number of para-hydroxylation sites is 1.